The smallest absolute Gasteiger partial charge is 0.434 e. The minimum Gasteiger partial charge on any atom is -0.457 e. The summed E-state index contributed by atoms with van der Waals surface area (Å²) >= 11 is 0. The Morgan fingerprint density at radius 2 is 1.76 bits per heavy atom. The first-order valence-electron chi connectivity index (χ1n) is 11.5. The number of alkyl halides is 3. The van der Waals surface area contributed by atoms with E-state index in [4.69, 9.17) is 4.74 Å². The van der Waals surface area contributed by atoms with E-state index in [-0.39, 0.29) is 23.2 Å². The molecule has 2 amide bonds. The van der Waals surface area contributed by atoms with Gasteiger partial charge in [0.05, 0.1) is 0 Å². The lowest BCUT2D eigenvalue weighted by atomic mass is 10.2. The van der Waals surface area contributed by atoms with E-state index in [0.717, 1.165) is 23.7 Å². The van der Waals surface area contributed by atoms with E-state index in [9.17, 15) is 22.8 Å². The number of carbonyl (C=O) groups excluding carboxylic acids is 2. The van der Waals surface area contributed by atoms with Crippen LogP contribution in [-0.4, -0.2) is 26.3 Å². The first-order chi connectivity index (χ1) is 18.2. The molecule has 5 rings (SSSR count). The van der Waals surface area contributed by atoms with Crippen molar-refractivity contribution in [3.05, 3.63) is 84.6 Å². The molecule has 1 atom stereocenters. The lowest BCUT2D eigenvalue weighted by molar-refractivity contribution is -0.142. The molecule has 2 aromatic heterocycles. The lowest BCUT2D eigenvalue weighted by Gasteiger charge is -2.14. The van der Waals surface area contributed by atoms with Crippen molar-refractivity contribution in [2.45, 2.75) is 19.0 Å². The molecule has 4 aromatic rings. The molecule has 0 bridgehead atoms. The van der Waals surface area contributed by atoms with Crippen LogP contribution in [0.3, 0.4) is 0 Å². The van der Waals surface area contributed by atoms with Gasteiger partial charge >= 0.3 is 6.18 Å². The van der Waals surface area contributed by atoms with Crippen LogP contribution in [0, 0.1) is 5.92 Å². The third kappa shape index (κ3) is 5.68. The summed E-state index contributed by atoms with van der Waals surface area (Å²) < 4.78 is 48.4. The van der Waals surface area contributed by atoms with Gasteiger partial charge in [0.1, 0.15) is 23.6 Å². The Kier molecular flexibility index (Phi) is 6.86. The number of amides is 2. The van der Waals surface area contributed by atoms with Gasteiger partial charge < -0.3 is 15.4 Å². The number of nitrogens with zero attached hydrogens (tertiary/aromatic N) is 3. The summed E-state index contributed by atoms with van der Waals surface area (Å²) in [5, 5.41) is 5.76. The first-order valence-corrected chi connectivity index (χ1v) is 12.1. The monoisotopic (exact) mass is 539 g/mol. The molecule has 194 valence electrons. The maximum atomic E-state index is 13.9. The zero-order valence-corrected chi connectivity index (χ0v) is 20.9. The van der Waals surface area contributed by atoms with Crippen LogP contribution in [0.1, 0.15) is 29.0 Å². The van der Waals surface area contributed by atoms with Gasteiger partial charge in [0.2, 0.25) is 5.91 Å². The topological polar surface area (TPSA) is 98.1 Å². The van der Waals surface area contributed by atoms with E-state index in [0.29, 0.717) is 22.6 Å². The fourth-order valence-corrected chi connectivity index (χ4v) is 4.06. The first kappa shape index (κ1) is 25.4. The number of carbonyl (C=O) groups is 2. The molecule has 1 fully saturated rings. The third-order valence-corrected chi connectivity index (χ3v) is 6.16. The van der Waals surface area contributed by atoms with Gasteiger partial charge in [-0.05, 0) is 49.2 Å². The van der Waals surface area contributed by atoms with Crippen molar-refractivity contribution in [2.75, 3.05) is 10.6 Å². The Morgan fingerprint density at radius 1 is 1.00 bits per heavy atom. The number of imidazole rings is 1. The van der Waals surface area contributed by atoms with Crippen molar-refractivity contribution < 1.29 is 27.5 Å². The maximum absolute atomic E-state index is 13.9. The number of rotatable bonds is 7. The van der Waals surface area contributed by atoms with Crippen molar-refractivity contribution in [3.8, 4) is 17.2 Å². The molecule has 1 saturated carbocycles. The maximum Gasteiger partial charge on any atom is 0.434 e. The number of anilines is 2. The van der Waals surface area contributed by atoms with E-state index >= 15 is 0 Å². The summed E-state index contributed by atoms with van der Waals surface area (Å²) in [5.41, 5.74) is -1.44. The van der Waals surface area contributed by atoms with Crippen molar-refractivity contribution >= 4 is 37.9 Å². The number of nitrogens with one attached hydrogen (secondary N) is 2. The van der Waals surface area contributed by atoms with E-state index in [1.54, 1.807) is 36.4 Å². The van der Waals surface area contributed by atoms with Gasteiger partial charge in [-0.2, -0.15) is 13.2 Å². The second-order valence-corrected chi connectivity index (χ2v) is 9.22. The van der Waals surface area contributed by atoms with Crippen LogP contribution in [0.5, 0.6) is 11.5 Å². The van der Waals surface area contributed by atoms with Crippen molar-refractivity contribution in [1.82, 2.24) is 14.5 Å². The largest absolute Gasteiger partial charge is 0.457 e. The van der Waals surface area contributed by atoms with Gasteiger partial charge in [-0.15, -0.1) is 9.24 Å². The fourth-order valence-electron chi connectivity index (χ4n) is 3.72. The van der Waals surface area contributed by atoms with Gasteiger partial charge in [-0.1, -0.05) is 18.2 Å². The molecule has 2 heterocycles. The molecule has 12 heteroatoms. The van der Waals surface area contributed by atoms with Crippen LogP contribution in [0.2, 0.25) is 0 Å². The summed E-state index contributed by atoms with van der Waals surface area (Å²) in [6.07, 6.45) is -0.603. The Balaban J connectivity index is 1.32. The van der Waals surface area contributed by atoms with Crippen LogP contribution in [0.25, 0.3) is 5.69 Å². The van der Waals surface area contributed by atoms with Crippen LogP contribution >= 0.6 is 9.24 Å². The second kappa shape index (κ2) is 10.3. The van der Waals surface area contributed by atoms with Crippen molar-refractivity contribution in [1.29, 1.82) is 0 Å². The SMILES string of the molecule is O=C(Nc1ccc(Oc2ccnc(NC(=O)C3CC3)c2)c(P)c1)c1ncn(-c2ccccc2)c1C(F)(F)F. The van der Waals surface area contributed by atoms with Crippen molar-refractivity contribution in [3.63, 3.8) is 0 Å². The molecule has 0 aliphatic heterocycles. The number of para-hydroxylation sites is 1. The van der Waals surface area contributed by atoms with Crippen LogP contribution in [0.15, 0.2) is 73.2 Å². The van der Waals surface area contributed by atoms with Gasteiger partial charge in [-0.25, -0.2) is 9.97 Å². The van der Waals surface area contributed by atoms with Gasteiger partial charge in [0.25, 0.3) is 5.91 Å². The van der Waals surface area contributed by atoms with Gasteiger partial charge in [0.15, 0.2) is 11.4 Å². The summed E-state index contributed by atoms with van der Waals surface area (Å²) in [6.45, 7) is 0. The van der Waals surface area contributed by atoms with E-state index in [1.807, 2.05) is 0 Å². The quantitative estimate of drug-likeness (QED) is 0.316. The molecule has 0 spiro atoms. The Hall–Kier alpha value is -4.24. The Morgan fingerprint density at radius 3 is 2.45 bits per heavy atom. The molecular weight excluding hydrogens is 518 g/mol. The predicted molar refractivity (Wildman–Crippen MR) is 138 cm³/mol. The highest BCUT2D eigenvalue weighted by molar-refractivity contribution is 7.27. The summed E-state index contributed by atoms with van der Waals surface area (Å²) in [7, 11) is 2.45. The van der Waals surface area contributed by atoms with E-state index in [1.165, 1.54) is 30.5 Å². The van der Waals surface area contributed by atoms with Gasteiger partial charge in [-0.3, -0.25) is 14.2 Å². The molecule has 8 nitrogen and oxygen atoms in total. The average Bonchev–Trinajstić information content (AvgIpc) is 3.63. The third-order valence-electron chi connectivity index (χ3n) is 5.71. The second-order valence-electron chi connectivity index (χ2n) is 8.59. The molecule has 0 radical (unpaired) electrons. The minimum atomic E-state index is -4.82. The number of hydrogen-bond donors (Lipinski definition) is 2. The lowest BCUT2D eigenvalue weighted by Crippen LogP contribution is -2.21. The normalized spacial score (nSPS) is 13.2. The van der Waals surface area contributed by atoms with Crippen molar-refractivity contribution in [2.24, 2.45) is 5.92 Å². The molecule has 0 saturated heterocycles. The van der Waals surface area contributed by atoms with Crippen LogP contribution < -0.4 is 20.7 Å². The van der Waals surface area contributed by atoms with E-state index < -0.39 is 23.5 Å². The average molecular weight is 539 g/mol. The van der Waals surface area contributed by atoms with E-state index in [2.05, 4.69) is 29.8 Å². The Bertz CT molecular complexity index is 1500. The molecule has 1 unspecified atom stereocenters. The number of halogens is 3. The minimum absolute atomic E-state index is 0.0297. The predicted octanol–water partition coefficient (Wildman–Crippen LogP) is 5.18. The van der Waals surface area contributed by atoms with Crippen LogP contribution in [-0.2, 0) is 11.0 Å². The number of benzene rings is 2. The zero-order valence-electron chi connectivity index (χ0n) is 19.7. The fraction of sp³-hybridized carbons (Fsp3) is 0.154. The zero-order chi connectivity index (χ0) is 26.9. The summed E-state index contributed by atoms with van der Waals surface area (Å²) in [5.74, 6) is 0.154. The highest BCUT2D eigenvalue weighted by atomic mass is 31.0. The molecule has 2 aromatic carbocycles. The number of aromatic nitrogens is 3. The van der Waals surface area contributed by atoms with Crippen LogP contribution in [0.4, 0.5) is 24.7 Å². The summed E-state index contributed by atoms with van der Waals surface area (Å²) in [4.78, 5) is 32.7. The molecule has 1 aliphatic rings. The molecule has 38 heavy (non-hydrogen) atoms. The number of pyridine rings is 1. The standard InChI is InChI=1S/C26H21F3N5O3P/c27-26(28,29)23-22(31-14-34(23)17-4-2-1-3-5-17)25(36)32-16-8-9-19(20(38)12-16)37-18-10-11-30-21(13-18)33-24(35)15-6-7-15/h1-5,8-15H,6-7,38H2,(H,32,36)(H,30,33,35). The molecule has 1 aliphatic carbocycles. The molecular formula is C26H21F3N5O3P. The molecule has 2 N–H and O–H groups in total. The number of hydrogen-bond acceptors (Lipinski definition) is 5. The Labute approximate surface area is 217 Å². The summed E-state index contributed by atoms with van der Waals surface area (Å²) in [6, 6.07) is 15.7. The highest BCUT2D eigenvalue weighted by Gasteiger charge is 2.40. The highest BCUT2D eigenvalue weighted by Crippen LogP contribution is 2.34. The number of ether oxygens (including phenoxy) is 1. The van der Waals surface area contributed by atoms with Gasteiger partial charge in [0, 0.05) is 34.9 Å².